The summed E-state index contributed by atoms with van der Waals surface area (Å²) < 4.78 is 29.2. The molecule has 3 heterocycles. The molecule has 9 nitrogen and oxygen atoms in total. The maximum atomic E-state index is 12.8. The van der Waals surface area contributed by atoms with E-state index in [2.05, 4.69) is 13.0 Å². The number of ether oxygens (including phenoxy) is 5. The monoisotopic (exact) mass is 488 g/mol. The number of hydrogen-bond acceptors (Lipinski definition) is 9. The maximum Gasteiger partial charge on any atom is 0.335 e. The van der Waals surface area contributed by atoms with Crippen LogP contribution in [0.25, 0.3) is 0 Å². The first-order chi connectivity index (χ1) is 16.7. The fourth-order valence-electron chi connectivity index (χ4n) is 6.19. The van der Waals surface area contributed by atoms with Crippen LogP contribution in [0.5, 0.6) is 0 Å². The van der Waals surface area contributed by atoms with Crippen LogP contribution >= 0.6 is 0 Å². The van der Waals surface area contributed by atoms with E-state index in [4.69, 9.17) is 23.7 Å². The number of cyclic esters (lactones) is 2. The lowest BCUT2D eigenvalue weighted by molar-refractivity contribution is -0.199. The van der Waals surface area contributed by atoms with Crippen molar-refractivity contribution in [3.8, 4) is 0 Å². The molecular weight excluding hydrogens is 456 g/mol. The Morgan fingerprint density at radius 3 is 2.54 bits per heavy atom. The number of hydrogen-bond donors (Lipinski definition) is 1. The van der Waals surface area contributed by atoms with E-state index in [0.29, 0.717) is 25.9 Å². The predicted octanol–water partition coefficient (Wildman–Crippen LogP) is 1.78. The summed E-state index contributed by atoms with van der Waals surface area (Å²) in [6.07, 6.45) is 7.29. The Bertz CT molecular complexity index is 977. The minimum Gasteiger partial charge on any atom is -0.463 e. The molecule has 190 valence electrons. The highest BCUT2D eigenvalue weighted by Gasteiger charge is 2.76. The van der Waals surface area contributed by atoms with Crippen LogP contribution in [0.1, 0.15) is 39.5 Å². The number of esters is 3. The molecule has 1 saturated carbocycles. The molecule has 2 saturated heterocycles. The van der Waals surface area contributed by atoms with Crippen molar-refractivity contribution in [1.82, 2.24) is 0 Å². The van der Waals surface area contributed by atoms with Crippen LogP contribution in [0.4, 0.5) is 0 Å². The summed E-state index contributed by atoms with van der Waals surface area (Å²) >= 11 is 0. The van der Waals surface area contributed by atoms with E-state index < -0.39 is 47.0 Å². The van der Waals surface area contributed by atoms with Crippen molar-refractivity contribution in [3.63, 3.8) is 0 Å². The highest BCUT2D eigenvalue weighted by molar-refractivity contribution is 5.84. The molecule has 1 N–H and O–H groups in total. The zero-order valence-corrected chi connectivity index (χ0v) is 20.0. The van der Waals surface area contributed by atoms with E-state index in [1.165, 1.54) is 29.9 Å². The maximum absolute atomic E-state index is 12.8. The molecule has 0 aromatic rings. The fraction of sp³-hybridized carbons (Fsp3) is 0.654. The molecule has 2 spiro atoms. The number of epoxide rings is 1. The first-order valence-electron chi connectivity index (χ1n) is 12.3. The fourth-order valence-corrected chi connectivity index (χ4v) is 6.19. The van der Waals surface area contributed by atoms with Gasteiger partial charge in [0.2, 0.25) is 0 Å². The zero-order valence-electron chi connectivity index (χ0n) is 20.0. The summed E-state index contributed by atoms with van der Waals surface area (Å²) in [5.41, 5.74) is -0.00513. The van der Waals surface area contributed by atoms with Crippen LogP contribution in [-0.4, -0.2) is 72.9 Å². The minimum absolute atomic E-state index is 0.0220. The average molecular weight is 489 g/mol. The Kier molecular flexibility index (Phi) is 6.35. The van der Waals surface area contributed by atoms with Gasteiger partial charge in [-0.05, 0) is 32.1 Å². The van der Waals surface area contributed by atoms with Gasteiger partial charge < -0.3 is 28.8 Å². The highest BCUT2D eigenvalue weighted by Crippen LogP contribution is 2.65. The van der Waals surface area contributed by atoms with Crippen LogP contribution in [0.2, 0.25) is 0 Å². The molecule has 0 amide bonds. The quantitative estimate of drug-likeness (QED) is 0.235. The topological polar surface area (TPSA) is 121 Å². The molecular formula is C26H32O9. The summed E-state index contributed by atoms with van der Waals surface area (Å²) in [4.78, 5) is 37.3. The zero-order chi connectivity index (χ0) is 24.8. The molecule has 0 aromatic heterocycles. The van der Waals surface area contributed by atoms with Crippen molar-refractivity contribution in [1.29, 1.82) is 0 Å². The van der Waals surface area contributed by atoms with Crippen LogP contribution in [0, 0.1) is 17.3 Å². The Morgan fingerprint density at radius 2 is 1.80 bits per heavy atom. The van der Waals surface area contributed by atoms with Crippen molar-refractivity contribution in [2.45, 2.75) is 69.5 Å². The summed E-state index contributed by atoms with van der Waals surface area (Å²) in [5, 5.41) is 10.6. The van der Waals surface area contributed by atoms with Crippen molar-refractivity contribution in [2.75, 3.05) is 19.8 Å². The number of rotatable bonds is 0. The second kappa shape index (κ2) is 9.19. The molecule has 2 bridgehead atoms. The summed E-state index contributed by atoms with van der Waals surface area (Å²) in [7, 11) is 0. The summed E-state index contributed by atoms with van der Waals surface area (Å²) in [5.74, 6) is -2.53. The molecule has 0 radical (unpaired) electrons. The lowest BCUT2D eigenvalue weighted by Crippen LogP contribution is -2.60. The summed E-state index contributed by atoms with van der Waals surface area (Å²) in [6.45, 7) is 4.32. The van der Waals surface area contributed by atoms with Crippen LogP contribution < -0.4 is 0 Å². The standard InChI is InChI=1S/C26H32O9/c1-15-7-9-25-13-32-24(30)22(29)16(2)8-10-31-20(27)5-3-4-6-21(28)34-17-12-19(35-18(25)11-15)26(14-33-26)23(17)25/h3-6,11,16-19,22-23,29H,7-10,12-14H2,1-2H3/b5-3+,6-4-/t16-,17-,18-,19+,22+,23+,25-,26-/m1/s1. The Labute approximate surface area is 204 Å². The van der Waals surface area contributed by atoms with Crippen molar-refractivity contribution < 1.29 is 43.2 Å². The van der Waals surface area contributed by atoms with Crippen LogP contribution in [0.15, 0.2) is 36.0 Å². The first kappa shape index (κ1) is 24.2. The van der Waals surface area contributed by atoms with E-state index in [9.17, 15) is 19.5 Å². The van der Waals surface area contributed by atoms with Crippen molar-refractivity contribution >= 4 is 17.9 Å². The normalized spacial score (nSPS) is 45.7. The van der Waals surface area contributed by atoms with E-state index in [1.54, 1.807) is 6.92 Å². The molecule has 3 aliphatic heterocycles. The first-order valence-corrected chi connectivity index (χ1v) is 12.3. The molecule has 5 rings (SSSR count). The van der Waals surface area contributed by atoms with Gasteiger partial charge in [0.1, 0.15) is 18.3 Å². The van der Waals surface area contributed by atoms with Crippen molar-refractivity contribution in [2.24, 2.45) is 17.3 Å². The lowest BCUT2D eigenvalue weighted by atomic mass is 9.60. The number of carbonyl (C=O) groups is 3. The molecule has 2 aliphatic carbocycles. The van der Waals surface area contributed by atoms with Gasteiger partial charge in [-0.3, -0.25) is 0 Å². The van der Waals surface area contributed by atoms with E-state index in [-0.39, 0.29) is 31.3 Å². The molecule has 35 heavy (non-hydrogen) atoms. The molecule has 3 fully saturated rings. The largest absolute Gasteiger partial charge is 0.463 e. The van der Waals surface area contributed by atoms with Gasteiger partial charge in [0, 0.05) is 29.9 Å². The molecule has 5 aliphatic rings. The predicted molar refractivity (Wildman–Crippen MR) is 121 cm³/mol. The average Bonchev–Trinajstić information content (AvgIpc) is 3.56. The van der Waals surface area contributed by atoms with E-state index in [0.717, 1.165) is 6.42 Å². The number of allylic oxidation sites excluding steroid dienone is 3. The van der Waals surface area contributed by atoms with E-state index >= 15 is 0 Å². The van der Waals surface area contributed by atoms with E-state index in [1.807, 2.05) is 0 Å². The van der Waals surface area contributed by atoms with Gasteiger partial charge >= 0.3 is 17.9 Å². The highest BCUT2D eigenvalue weighted by atomic mass is 16.6. The van der Waals surface area contributed by atoms with Gasteiger partial charge in [0.25, 0.3) is 0 Å². The van der Waals surface area contributed by atoms with Gasteiger partial charge in [-0.15, -0.1) is 0 Å². The molecule has 8 atom stereocenters. The minimum atomic E-state index is -1.36. The SMILES string of the molecule is CC1=C[C@H]2O[C@H]3C[C@H]4OC(=O)/C=C\C=C\C(=O)OCC[C@@H](C)[C@H](O)C(=O)OC[C@@]2(CC1)[C@H]4[C@@]31CO1. The van der Waals surface area contributed by atoms with Gasteiger partial charge in [-0.2, -0.15) is 0 Å². The lowest BCUT2D eigenvalue weighted by Gasteiger charge is -2.52. The third-order valence-corrected chi connectivity index (χ3v) is 8.21. The number of aliphatic hydroxyl groups excluding tert-OH is 1. The molecule has 0 aromatic carbocycles. The van der Waals surface area contributed by atoms with Crippen LogP contribution in [-0.2, 0) is 38.1 Å². The van der Waals surface area contributed by atoms with Gasteiger partial charge in [0.05, 0.1) is 25.4 Å². The molecule has 9 heteroatoms. The third kappa shape index (κ3) is 4.34. The van der Waals surface area contributed by atoms with Gasteiger partial charge in [0.15, 0.2) is 6.10 Å². The van der Waals surface area contributed by atoms with Crippen LogP contribution in [0.3, 0.4) is 0 Å². The number of aliphatic hydroxyl groups is 1. The molecule has 0 unspecified atom stereocenters. The van der Waals surface area contributed by atoms with Crippen molar-refractivity contribution in [3.05, 3.63) is 36.0 Å². The smallest absolute Gasteiger partial charge is 0.335 e. The number of carbonyl (C=O) groups excluding carboxylic acids is 3. The van der Waals surface area contributed by atoms with Gasteiger partial charge in [-0.1, -0.05) is 30.7 Å². The Morgan fingerprint density at radius 1 is 1.06 bits per heavy atom. The Balaban J connectivity index is 1.48. The Hall–Kier alpha value is -2.49. The van der Waals surface area contributed by atoms with Gasteiger partial charge in [-0.25, -0.2) is 14.4 Å². The second-order valence-corrected chi connectivity index (χ2v) is 10.4. The second-order valence-electron chi connectivity index (χ2n) is 10.4. The summed E-state index contributed by atoms with van der Waals surface area (Å²) in [6, 6.07) is 0. The third-order valence-electron chi connectivity index (χ3n) is 8.21.